The highest BCUT2D eigenvalue weighted by Gasteiger charge is 2.37. The Labute approximate surface area is 500 Å². The van der Waals surface area contributed by atoms with E-state index in [0.29, 0.717) is 5.95 Å². The summed E-state index contributed by atoms with van der Waals surface area (Å²) < 4.78 is 4.74. The average molecular weight is 1100 g/mol. The molecule has 2 aliphatic rings. The van der Waals surface area contributed by atoms with Crippen molar-refractivity contribution in [3.05, 3.63) is 301 Å². The molecule has 2 aliphatic carbocycles. The third kappa shape index (κ3) is 7.55. The smallest absolute Gasteiger partial charge is 0.235 e. The predicted octanol–water partition coefficient (Wildman–Crippen LogP) is 21.3. The molecule has 3 heterocycles. The summed E-state index contributed by atoms with van der Waals surface area (Å²) in [6.45, 7) is 9.43. The van der Waals surface area contributed by atoms with Crippen LogP contribution >= 0.6 is 0 Å². The van der Waals surface area contributed by atoms with E-state index in [1.54, 1.807) is 0 Å². The molecule has 0 unspecified atom stereocenters. The summed E-state index contributed by atoms with van der Waals surface area (Å²) in [7, 11) is 0. The molecule has 406 valence electrons. The molecule has 4 nitrogen and oxygen atoms in total. The molecule has 86 heavy (non-hydrogen) atoms. The van der Waals surface area contributed by atoms with Gasteiger partial charge in [0.2, 0.25) is 5.95 Å². The molecule has 0 bridgehead atoms. The third-order valence-corrected chi connectivity index (χ3v) is 19.0. The van der Waals surface area contributed by atoms with Gasteiger partial charge in [-0.2, -0.15) is 0 Å². The Bertz CT molecular complexity index is 5290. The summed E-state index contributed by atoms with van der Waals surface area (Å²) >= 11 is 0. The maximum absolute atomic E-state index is 5.77. The Morgan fingerprint density at radius 2 is 0.686 bits per heavy atom. The fourth-order valence-corrected chi connectivity index (χ4v) is 14.7. The van der Waals surface area contributed by atoms with Gasteiger partial charge in [-0.15, -0.1) is 0 Å². The van der Waals surface area contributed by atoms with E-state index >= 15 is 0 Å². The highest BCUT2D eigenvalue weighted by Crippen LogP contribution is 2.52. The van der Waals surface area contributed by atoms with Gasteiger partial charge < -0.3 is 4.57 Å². The first-order valence-corrected chi connectivity index (χ1v) is 30.0. The van der Waals surface area contributed by atoms with Gasteiger partial charge in [0.05, 0.1) is 33.5 Å². The average Bonchev–Trinajstić information content (AvgIpc) is 2.04. The summed E-state index contributed by atoms with van der Waals surface area (Å²) in [6, 6.07) is 103. The fraction of sp³-hybridized carbons (Fsp3) is 0.0732. The van der Waals surface area contributed by atoms with Crippen molar-refractivity contribution in [1.29, 1.82) is 0 Å². The van der Waals surface area contributed by atoms with Crippen molar-refractivity contribution in [3.8, 4) is 101 Å². The van der Waals surface area contributed by atoms with Gasteiger partial charge in [-0.05, 0) is 144 Å². The number of benzene rings is 12. The van der Waals surface area contributed by atoms with Crippen LogP contribution in [0.5, 0.6) is 0 Å². The topological polar surface area (TPSA) is 35.6 Å². The fourth-order valence-electron chi connectivity index (χ4n) is 14.7. The molecule has 0 saturated carbocycles. The largest absolute Gasteiger partial charge is 0.309 e. The van der Waals surface area contributed by atoms with Crippen LogP contribution in [0.15, 0.2) is 279 Å². The monoisotopic (exact) mass is 1100 g/mol. The molecule has 0 spiro atoms. The van der Waals surface area contributed by atoms with Crippen molar-refractivity contribution in [1.82, 2.24) is 19.1 Å². The molecule has 0 atom stereocenters. The van der Waals surface area contributed by atoms with Crippen LogP contribution in [0.25, 0.3) is 145 Å². The SMILES string of the molecule is CC1(C)c2ccccc2-c2ccc(-c3ccc4c5ccccc5n(-c5cccc(-c6cc(-c7cccc(-c8ccccc8)c7-c7ccccc7)nc(-n7c8ccccc8c8ccc(-c9ccc%10c(c9)C(C)(C)c9ccccc9-%10)cc87)n6)c5)c4c3)cc21. The molecule has 0 N–H and O–H groups in total. The molecule has 0 saturated heterocycles. The van der Waals surface area contributed by atoms with Gasteiger partial charge >= 0.3 is 0 Å². The highest BCUT2D eigenvalue weighted by molar-refractivity contribution is 6.12. The molecule has 17 rings (SSSR count). The van der Waals surface area contributed by atoms with Gasteiger partial charge in [-0.25, -0.2) is 9.97 Å². The lowest BCUT2D eigenvalue weighted by atomic mass is 9.81. The molecule has 0 radical (unpaired) electrons. The van der Waals surface area contributed by atoms with Gasteiger partial charge in [0.1, 0.15) is 0 Å². The molecule has 0 aliphatic heterocycles. The van der Waals surface area contributed by atoms with E-state index in [1.165, 1.54) is 72.0 Å². The van der Waals surface area contributed by atoms with Crippen LogP contribution in [-0.4, -0.2) is 19.1 Å². The Hall–Kier alpha value is -10.7. The first-order valence-electron chi connectivity index (χ1n) is 30.0. The summed E-state index contributed by atoms with van der Waals surface area (Å²) in [4.78, 5) is 11.5. The molecule has 0 fully saturated rings. The van der Waals surface area contributed by atoms with Crippen molar-refractivity contribution in [2.45, 2.75) is 38.5 Å². The van der Waals surface area contributed by atoms with Crippen molar-refractivity contribution in [2.24, 2.45) is 0 Å². The molecule has 12 aromatic carbocycles. The maximum atomic E-state index is 5.77. The van der Waals surface area contributed by atoms with Crippen LogP contribution in [0.1, 0.15) is 49.9 Å². The first-order chi connectivity index (χ1) is 42.2. The summed E-state index contributed by atoms with van der Waals surface area (Å²) in [5, 5.41) is 4.71. The predicted molar refractivity (Wildman–Crippen MR) is 358 cm³/mol. The van der Waals surface area contributed by atoms with Crippen LogP contribution in [0, 0.1) is 0 Å². The van der Waals surface area contributed by atoms with Crippen molar-refractivity contribution in [2.75, 3.05) is 0 Å². The Morgan fingerprint density at radius 1 is 0.256 bits per heavy atom. The number of aromatic nitrogens is 4. The lowest BCUT2D eigenvalue weighted by Crippen LogP contribution is -2.14. The number of hydrogen-bond donors (Lipinski definition) is 0. The zero-order valence-electron chi connectivity index (χ0n) is 48.3. The summed E-state index contributed by atoms with van der Waals surface area (Å²) in [6.07, 6.45) is 0. The van der Waals surface area contributed by atoms with Crippen LogP contribution in [0.3, 0.4) is 0 Å². The standard InChI is InChI=1S/C82H58N4/c1-81(2)69-33-15-11-27-60(69)62-41-37-53(46-71(62)81)55-39-43-66-64-29-13-17-35-75(64)85(77(66)48-55)58-26-19-25-57(45-58)73-50-74(68-32-20-31-59(51-21-7-5-8-22-51)79(68)52-23-9-6-10-24-52)84-80(83-73)86-76-36-18-14-30-65(76)67-44-40-56(49-78(67)86)54-38-42-63-61-28-12-16-34-70(61)82(3,4)72(63)47-54/h5-50H,1-4H3. The molecular formula is C82H58N4. The van der Waals surface area contributed by atoms with Gasteiger partial charge in [-0.1, -0.05) is 252 Å². The quantitative estimate of drug-likeness (QED) is 0.152. The van der Waals surface area contributed by atoms with E-state index in [0.717, 1.165) is 88.9 Å². The van der Waals surface area contributed by atoms with Crippen molar-refractivity contribution < 1.29 is 0 Å². The van der Waals surface area contributed by atoms with E-state index in [1.807, 2.05) is 0 Å². The Kier molecular flexibility index (Phi) is 11.0. The van der Waals surface area contributed by atoms with Crippen molar-refractivity contribution in [3.63, 3.8) is 0 Å². The second-order valence-electron chi connectivity index (χ2n) is 24.5. The van der Waals surface area contributed by atoms with Gasteiger partial charge in [-0.3, -0.25) is 4.57 Å². The van der Waals surface area contributed by atoms with E-state index in [9.17, 15) is 0 Å². The maximum Gasteiger partial charge on any atom is 0.235 e. The van der Waals surface area contributed by atoms with Gasteiger partial charge in [0, 0.05) is 49.2 Å². The Morgan fingerprint density at radius 3 is 1.30 bits per heavy atom. The van der Waals surface area contributed by atoms with Crippen LogP contribution in [0.2, 0.25) is 0 Å². The summed E-state index contributed by atoms with van der Waals surface area (Å²) in [5.41, 5.74) is 28.9. The number of para-hydroxylation sites is 2. The number of hydrogen-bond acceptors (Lipinski definition) is 2. The second-order valence-corrected chi connectivity index (χ2v) is 24.5. The minimum atomic E-state index is -0.127. The van der Waals surface area contributed by atoms with Crippen LogP contribution < -0.4 is 0 Å². The lowest BCUT2D eigenvalue weighted by molar-refractivity contribution is 0.660. The lowest BCUT2D eigenvalue weighted by Gasteiger charge is -2.22. The minimum absolute atomic E-state index is 0.103. The first kappa shape index (κ1) is 49.9. The third-order valence-electron chi connectivity index (χ3n) is 19.0. The molecular weight excluding hydrogens is 1040 g/mol. The number of nitrogens with zero attached hydrogens (tertiary/aromatic N) is 4. The second kappa shape index (κ2) is 18.9. The van der Waals surface area contributed by atoms with E-state index in [2.05, 4.69) is 316 Å². The molecule has 0 amide bonds. The molecule has 3 aromatic heterocycles. The Balaban J connectivity index is 0.873. The van der Waals surface area contributed by atoms with Gasteiger partial charge in [0.15, 0.2) is 0 Å². The summed E-state index contributed by atoms with van der Waals surface area (Å²) in [5.74, 6) is 0.600. The van der Waals surface area contributed by atoms with Crippen LogP contribution in [-0.2, 0) is 10.8 Å². The minimum Gasteiger partial charge on any atom is -0.309 e. The highest BCUT2D eigenvalue weighted by atomic mass is 15.2. The molecule has 15 aromatic rings. The van der Waals surface area contributed by atoms with E-state index in [-0.39, 0.29) is 10.8 Å². The zero-order chi connectivity index (χ0) is 57.4. The molecule has 4 heteroatoms. The van der Waals surface area contributed by atoms with Crippen LogP contribution in [0.4, 0.5) is 0 Å². The number of rotatable bonds is 8. The van der Waals surface area contributed by atoms with Gasteiger partial charge in [0.25, 0.3) is 0 Å². The zero-order valence-corrected chi connectivity index (χ0v) is 48.3. The normalized spacial score (nSPS) is 13.5. The number of fused-ring (bicyclic) bond motifs is 12. The van der Waals surface area contributed by atoms with E-state index in [4.69, 9.17) is 9.97 Å². The van der Waals surface area contributed by atoms with Crippen molar-refractivity contribution >= 4 is 43.6 Å². The van der Waals surface area contributed by atoms with E-state index < -0.39 is 0 Å².